The van der Waals surface area contributed by atoms with Crippen molar-refractivity contribution in [2.75, 3.05) is 13.1 Å². The minimum absolute atomic E-state index is 0.275. The number of hydrogen-bond donors (Lipinski definition) is 1. The van der Waals surface area contributed by atoms with E-state index in [0.717, 1.165) is 18.9 Å². The van der Waals surface area contributed by atoms with E-state index in [9.17, 15) is 27.5 Å². The molecule has 1 aliphatic rings. The molecule has 1 saturated heterocycles. The number of halogens is 4. The molecule has 0 bridgehead atoms. The Morgan fingerprint density at radius 1 is 0.972 bits per heavy atom. The number of piperidine rings is 1. The number of benzene rings is 3. The highest BCUT2D eigenvalue weighted by Gasteiger charge is 2.39. The standard InChI is InChI=1S/C29H29F4NO2/c1-18-12-14-34(15-13-18)27(21-8-10-22(30)11-9-21)25-17-26(29(31,32)33)23(19(2)28(35)36)16-24(25)20-6-4-3-5-7-20/h3-11,16-19,27H,12-15H2,1-2H3,(H,35,36)/t19-,27+/m0/s1. The molecule has 1 N–H and O–H groups in total. The fraction of sp³-hybridized carbons (Fsp3) is 0.345. The molecular formula is C29H29F4NO2. The van der Waals surface area contributed by atoms with Gasteiger partial charge in [-0.25, -0.2) is 4.39 Å². The summed E-state index contributed by atoms with van der Waals surface area (Å²) in [6, 6.07) is 16.9. The quantitative estimate of drug-likeness (QED) is 0.357. The van der Waals surface area contributed by atoms with Gasteiger partial charge in [0, 0.05) is 0 Å². The smallest absolute Gasteiger partial charge is 0.416 e. The molecule has 1 fully saturated rings. The van der Waals surface area contributed by atoms with E-state index in [-0.39, 0.29) is 5.56 Å². The molecular weight excluding hydrogens is 470 g/mol. The average molecular weight is 500 g/mol. The number of alkyl halides is 3. The van der Waals surface area contributed by atoms with Crippen molar-refractivity contribution in [2.45, 2.75) is 44.8 Å². The molecule has 36 heavy (non-hydrogen) atoms. The molecule has 190 valence electrons. The molecule has 0 unspecified atom stereocenters. The number of aliphatic carboxylic acids is 1. The van der Waals surface area contributed by atoms with Crippen molar-refractivity contribution in [3.8, 4) is 11.1 Å². The first-order chi connectivity index (χ1) is 17.1. The van der Waals surface area contributed by atoms with Crippen molar-refractivity contribution in [1.82, 2.24) is 4.90 Å². The maximum Gasteiger partial charge on any atom is 0.416 e. The van der Waals surface area contributed by atoms with Gasteiger partial charge < -0.3 is 5.11 Å². The lowest BCUT2D eigenvalue weighted by Gasteiger charge is -2.38. The maximum atomic E-state index is 14.3. The first kappa shape index (κ1) is 25.9. The molecule has 1 aliphatic heterocycles. The molecule has 0 aliphatic carbocycles. The third kappa shape index (κ3) is 5.46. The minimum atomic E-state index is -4.74. The van der Waals surface area contributed by atoms with E-state index < -0.39 is 35.5 Å². The number of rotatable bonds is 6. The van der Waals surface area contributed by atoms with Crippen LogP contribution in [0.25, 0.3) is 11.1 Å². The molecule has 2 atom stereocenters. The van der Waals surface area contributed by atoms with Gasteiger partial charge in [0.1, 0.15) is 5.82 Å². The van der Waals surface area contributed by atoms with Gasteiger partial charge in [-0.3, -0.25) is 9.69 Å². The van der Waals surface area contributed by atoms with Crippen LogP contribution < -0.4 is 0 Å². The number of carboxylic acid groups (broad SMARTS) is 1. The van der Waals surface area contributed by atoms with Crippen LogP contribution in [0.15, 0.2) is 66.7 Å². The zero-order valence-electron chi connectivity index (χ0n) is 20.2. The third-order valence-corrected chi connectivity index (χ3v) is 7.11. The number of carboxylic acids is 1. The maximum absolute atomic E-state index is 14.3. The van der Waals surface area contributed by atoms with E-state index in [1.54, 1.807) is 36.4 Å². The van der Waals surface area contributed by atoms with Gasteiger partial charge >= 0.3 is 12.1 Å². The molecule has 3 aromatic carbocycles. The van der Waals surface area contributed by atoms with Crippen molar-refractivity contribution in [2.24, 2.45) is 5.92 Å². The van der Waals surface area contributed by atoms with Crippen molar-refractivity contribution < 1.29 is 27.5 Å². The van der Waals surface area contributed by atoms with Gasteiger partial charge in [-0.05, 0) is 90.9 Å². The SMILES string of the molecule is CC1CCN([C@H](c2ccc(F)cc2)c2cc(C(F)(F)F)c([C@H](C)C(=O)O)cc2-c2ccccc2)CC1. The van der Waals surface area contributed by atoms with Crippen molar-refractivity contribution in [3.63, 3.8) is 0 Å². The summed E-state index contributed by atoms with van der Waals surface area (Å²) in [7, 11) is 0. The lowest BCUT2D eigenvalue weighted by Crippen LogP contribution is -2.37. The first-order valence-corrected chi connectivity index (χ1v) is 12.1. The van der Waals surface area contributed by atoms with E-state index in [4.69, 9.17) is 0 Å². The van der Waals surface area contributed by atoms with Crippen LogP contribution >= 0.6 is 0 Å². The van der Waals surface area contributed by atoms with Crippen LogP contribution in [0.3, 0.4) is 0 Å². The zero-order valence-corrected chi connectivity index (χ0v) is 20.2. The van der Waals surface area contributed by atoms with Gasteiger partial charge in [0.15, 0.2) is 0 Å². The Balaban J connectivity index is 2.01. The van der Waals surface area contributed by atoms with Gasteiger partial charge in [0.05, 0.1) is 17.5 Å². The Morgan fingerprint density at radius 2 is 1.58 bits per heavy atom. The fourth-order valence-electron chi connectivity index (χ4n) is 4.98. The van der Waals surface area contributed by atoms with Crippen LogP contribution in [0.5, 0.6) is 0 Å². The van der Waals surface area contributed by atoms with Gasteiger partial charge in [0.25, 0.3) is 0 Å². The highest BCUT2D eigenvalue weighted by Crippen LogP contribution is 2.44. The van der Waals surface area contributed by atoms with Crippen LogP contribution in [0, 0.1) is 11.7 Å². The van der Waals surface area contributed by atoms with Crippen LogP contribution in [-0.4, -0.2) is 29.1 Å². The predicted octanol–water partition coefficient (Wildman–Crippen LogP) is 7.52. The molecule has 7 heteroatoms. The summed E-state index contributed by atoms with van der Waals surface area (Å²) in [5, 5.41) is 9.59. The molecule has 3 nitrogen and oxygen atoms in total. The molecule has 0 saturated carbocycles. The Bertz CT molecular complexity index is 1200. The largest absolute Gasteiger partial charge is 0.481 e. The number of hydrogen-bond acceptors (Lipinski definition) is 2. The van der Waals surface area contributed by atoms with Crippen LogP contribution in [0.1, 0.15) is 60.9 Å². The van der Waals surface area contributed by atoms with E-state index in [1.807, 2.05) is 6.07 Å². The summed E-state index contributed by atoms with van der Waals surface area (Å²) in [4.78, 5) is 13.9. The van der Waals surface area contributed by atoms with E-state index in [2.05, 4.69) is 11.8 Å². The summed E-state index contributed by atoms with van der Waals surface area (Å²) in [5.41, 5.74) is 1.12. The average Bonchev–Trinajstić information content (AvgIpc) is 2.85. The highest BCUT2D eigenvalue weighted by molar-refractivity contribution is 5.79. The molecule has 0 spiro atoms. The second kappa shape index (κ2) is 10.4. The molecule has 1 heterocycles. The lowest BCUT2D eigenvalue weighted by atomic mass is 9.83. The lowest BCUT2D eigenvalue weighted by molar-refractivity contribution is -0.141. The summed E-state index contributed by atoms with van der Waals surface area (Å²) >= 11 is 0. The summed E-state index contributed by atoms with van der Waals surface area (Å²) in [6.07, 6.45) is -2.94. The van der Waals surface area contributed by atoms with Crippen molar-refractivity contribution in [1.29, 1.82) is 0 Å². The fourth-order valence-corrected chi connectivity index (χ4v) is 4.98. The van der Waals surface area contributed by atoms with Crippen LogP contribution in [0.2, 0.25) is 0 Å². The number of likely N-dealkylation sites (tertiary alicyclic amines) is 1. The van der Waals surface area contributed by atoms with Gasteiger partial charge in [-0.2, -0.15) is 13.2 Å². The van der Waals surface area contributed by atoms with Crippen molar-refractivity contribution >= 4 is 5.97 Å². The Labute approximate surface area is 208 Å². The Hall–Kier alpha value is -3.19. The Morgan fingerprint density at radius 3 is 2.14 bits per heavy atom. The molecule has 3 aromatic rings. The van der Waals surface area contributed by atoms with Crippen LogP contribution in [-0.2, 0) is 11.0 Å². The summed E-state index contributed by atoms with van der Waals surface area (Å²) in [5.74, 6) is -2.59. The van der Waals surface area contributed by atoms with E-state index in [1.165, 1.54) is 25.1 Å². The van der Waals surface area contributed by atoms with Gasteiger partial charge in [0.2, 0.25) is 0 Å². The number of carbonyl (C=O) groups is 1. The monoisotopic (exact) mass is 499 g/mol. The van der Waals surface area contributed by atoms with Crippen LogP contribution in [0.4, 0.5) is 17.6 Å². The first-order valence-electron chi connectivity index (χ1n) is 12.1. The van der Waals surface area contributed by atoms with E-state index in [0.29, 0.717) is 41.3 Å². The van der Waals surface area contributed by atoms with E-state index >= 15 is 0 Å². The molecule has 0 amide bonds. The topological polar surface area (TPSA) is 40.5 Å². The van der Waals surface area contributed by atoms with Gasteiger partial charge in [-0.15, -0.1) is 0 Å². The Kier molecular flexibility index (Phi) is 7.50. The second-order valence-corrected chi connectivity index (χ2v) is 9.62. The molecule has 0 aromatic heterocycles. The minimum Gasteiger partial charge on any atom is -0.481 e. The van der Waals surface area contributed by atoms with Gasteiger partial charge in [-0.1, -0.05) is 49.4 Å². The highest BCUT2D eigenvalue weighted by atomic mass is 19.4. The predicted molar refractivity (Wildman–Crippen MR) is 131 cm³/mol. The summed E-state index contributed by atoms with van der Waals surface area (Å²) in [6.45, 7) is 4.80. The molecule has 0 radical (unpaired) electrons. The van der Waals surface area contributed by atoms with Crippen molar-refractivity contribution in [3.05, 3.63) is 94.8 Å². The normalized spacial score (nSPS) is 17.1. The number of nitrogens with zero attached hydrogens (tertiary/aromatic N) is 1. The second-order valence-electron chi connectivity index (χ2n) is 9.62. The zero-order chi connectivity index (χ0) is 26.0. The third-order valence-electron chi connectivity index (χ3n) is 7.11. The summed E-state index contributed by atoms with van der Waals surface area (Å²) < 4.78 is 56.8. The molecule has 4 rings (SSSR count).